The number of carbonyl (C=O) groups is 1. The molecule has 4 aliphatic rings. The summed E-state index contributed by atoms with van der Waals surface area (Å²) in [6, 6.07) is 10.4. The maximum atomic E-state index is 12.5. The van der Waals surface area contributed by atoms with E-state index in [4.69, 9.17) is 0 Å². The lowest BCUT2D eigenvalue weighted by Crippen LogP contribution is -2.59. The highest BCUT2D eigenvalue weighted by Crippen LogP contribution is 2.48. The van der Waals surface area contributed by atoms with Gasteiger partial charge in [0.05, 0.1) is 16.6 Å². The number of carboxylic acid groups (broad SMARTS) is 1. The summed E-state index contributed by atoms with van der Waals surface area (Å²) in [4.78, 5) is 19.2. The van der Waals surface area contributed by atoms with E-state index in [0.29, 0.717) is 5.92 Å². The highest BCUT2D eigenvalue weighted by atomic mass is 32.1. The Labute approximate surface area is 158 Å². The first-order valence-corrected chi connectivity index (χ1v) is 10.5. The summed E-state index contributed by atoms with van der Waals surface area (Å²) in [7, 11) is 0. The number of nitrogens with zero attached hydrogens (tertiary/aromatic N) is 2. The number of rotatable bonds is 3. The van der Waals surface area contributed by atoms with Gasteiger partial charge < -0.3 is 10.0 Å². The van der Waals surface area contributed by atoms with Gasteiger partial charge in [-0.25, -0.2) is 4.79 Å². The summed E-state index contributed by atoms with van der Waals surface area (Å²) in [6.07, 6.45) is 4.72. The first kappa shape index (κ1) is 16.3. The average Bonchev–Trinajstić information content (AvgIpc) is 3.26. The maximum absolute atomic E-state index is 12.5. The van der Waals surface area contributed by atoms with E-state index in [1.165, 1.54) is 10.4 Å². The summed E-state index contributed by atoms with van der Waals surface area (Å²) in [5.74, 6) is 0.497. The SMILES string of the molecule is O=C(O)N(c1c(-c2ccccc2)sc2c1CCC2)[C@H]1CN2CCC1CC2. The number of amides is 1. The maximum Gasteiger partial charge on any atom is 0.412 e. The fourth-order valence-electron chi connectivity index (χ4n) is 5.06. The van der Waals surface area contributed by atoms with Crippen LogP contribution in [0, 0.1) is 5.92 Å². The van der Waals surface area contributed by atoms with Gasteiger partial charge in [0.25, 0.3) is 0 Å². The van der Waals surface area contributed by atoms with Crippen molar-refractivity contribution >= 4 is 23.1 Å². The number of benzene rings is 1. The van der Waals surface area contributed by atoms with Gasteiger partial charge in [-0.3, -0.25) is 4.90 Å². The number of thiophene rings is 1. The number of piperidine rings is 3. The van der Waals surface area contributed by atoms with E-state index in [1.54, 1.807) is 4.90 Å². The molecule has 1 aromatic heterocycles. The van der Waals surface area contributed by atoms with Crippen LogP contribution < -0.4 is 4.90 Å². The third kappa shape index (κ3) is 2.57. The average molecular weight is 369 g/mol. The van der Waals surface area contributed by atoms with E-state index in [1.807, 2.05) is 29.5 Å². The van der Waals surface area contributed by atoms with Crippen LogP contribution >= 0.6 is 11.3 Å². The minimum Gasteiger partial charge on any atom is -0.465 e. The van der Waals surface area contributed by atoms with Crippen LogP contribution in [-0.4, -0.2) is 41.8 Å². The molecule has 4 heterocycles. The highest BCUT2D eigenvalue weighted by molar-refractivity contribution is 7.16. The Kier molecular flexibility index (Phi) is 4.02. The van der Waals surface area contributed by atoms with Crippen molar-refractivity contribution in [2.75, 3.05) is 24.5 Å². The number of hydrogen-bond acceptors (Lipinski definition) is 3. The quantitative estimate of drug-likeness (QED) is 0.868. The zero-order valence-corrected chi connectivity index (χ0v) is 15.7. The minimum absolute atomic E-state index is 0.0942. The monoisotopic (exact) mass is 368 g/mol. The molecule has 0 saturated carbocycles. The van der Waals surface area contributed by atoms with Crippen LogP contribution in [0.1, 0.15) is 29.7 Å². The van der Waals surface area contributed by atoms with E-state index < -0.39 is 6.09 Å². The van der Waals surface area contributed by atoms with Crippen LogP contribution in [0.25, 0.3) is 10.4 Å². The van der Waals surface area contributed by atoms with Crippen molar-refractivity contribution in [1.29, 1.82) is 0 Å². The molecule has 4 nitrogen and oxygen atoms in total. The lowest BCUT2D eigenvalue weighted by Gasteiger charge is -2.48. The number of fused-ring (bicyclic) bond motifs is 4. The fourth-order valence-corrected chi connectivity index (χ4v) is 6.44. The van der Waals surface area contributed by atoms with Gasteiger partial charge in [-0.15, -0.1) is 11.3 Å². The number of aryl methyl sites for hydroxylation is 1. The Hall–Kier alpha value is -1.85. The summed E-state index contributed by atoms with van der Waals surface area (Å²) in [6.45, 7) is 3.14. The van der Waals surface area contributed by atoms with Gasteiger partial charge in [-0.2, -0.15) is 0 Å². The van der Waals surface area contributed by atoms with Crippen molar-refractivity contribution in [3.8, 4) is 10.4 Å². The van der Waals surface area contributed by atoms with Gasteiger partial charge in [0, 0.05) is 11.4 Å². The van der Waals surface area contributed by atoms with Crippen molar-refractivity contribution in [3.63, 3.8) is 0 Å². The molecule has 1 aromatic carbocycles. The van der Waals surface area contributed by atoms with Gasteiger partial charge in [0.15, 0.2) is 0 Å². The highest BCUT2D eigenvalue weighted by Gasteiger charge is 2.42. The third-order valence-electron chi connectivity index (χ3n) is 6.33. The zero-order valence-electron chi connectivity index (χ0n) is 14.9. The van der Waals surface area contributed by atoms with E-state index in [0.717, 1.165) is 67.9 Å². The molecular weight excluding hydrogens is 344 g/mol. The first-order valence-electron chi connectivity index (χ1n) is 9.67. The predicted molar refractivity (Wildman–Crippen MR) is 105 cm³/mol. The molecule has 26 heavy (non-hydrogen) atoms. The molecule has 1 aliphatic carbocycles. The molecule has 2 bridgehead atoms. The Balaban J connectivity index is 1.64. The summed E-state index contributed by atoms with van der Waals surface area (Å²) < 4.78 is 0. The molecule has 1 amide bonds. The Bertz CT molecular complexity index is 824. The van der Waals surface area contributed by atoms with Crippen LogP contribution in [0.4, 0.5) is 10.5 Å². The van der Waals surface area contributed by atoms with Crippen molar-refractivity contribution in [2.24, 2.45) is 5.92 Å². The van der Waals surface area contributed by atoms with Crippen LogP contribution in [0.2, 0.25) is 0 Å². The topological polar surface area (TPSA) is 43.8 Å². The Morgan fingerprint density at radius 2 is 1.92 bits per heavy atom. The van der Waals surface area contributed by atoms with Crippen molar-refractivity contribution in [1.82, 2.24) is 4.90 Å². The molecule has 136 valence electrons. The van der Waals surface area contributed by atoms with E-state index in [2.05, 4.69) is 17.0 Å². The second-order valence-electron chi connectivity index (χ2n) is 7.76. The molecule has 6 rings (SSSR count). The van der Waals surface area contributed by atoms with Gasteiger partial charge >= 0.3 is 6.09 Å². The summed E-state index contributed by atoms with van der Waals surface area (Å²) in [5.41, 5.74) is 3.45. The summed E-state index contributed by atoms with van der Waals surface area (Å²) in [5, 5.41) is 10.2. The smallest absolute Gasteiger partial charge is 0.412 e. The molecule has 0 spiro atoms. The van der Waals surface area contributed by atoms with E-state index in [-0.39, 0.29) is 6.04 Å². The van der Waals surface area contributed by atoms with E-state index in [9.17, 15) is 9.90 Å². The lowest BCUT2D eigenvalue weighted by molar-refractivity contribution is 0.0837. The van der Waals surface area contributed by atoms with Crippen molar-refractivity contribution in [3.05, 3.63) is 40.8 Å². The molecule has 1 N–H and O–H groups in total. The van der Waals surface area contributed by atoms with Gasteiger partial charge in [0.2, 0.25) is 0 Å². The summed E-state index contributed by atoms with van der Waals surface area (Å²) >= 11 is 1.81. The zero-order chi connectivity index (χ0) is 17.7. The van der Waals surface area contributed by atoms with Gasteiger partial charge in [0.1, 0.15) is 0 Å². The predicted octanol–water partition coefficient (Wildman–Crippen LogP) is 4.48. The Morgan fingerprint density at radius 1 is 1.15 bits per heavy atom. The molecule has 3 fully saturated rings. The standard InChI is InChI=1S/C21H24N2O2S/c24-21(25)23(17-13-22-11-9-14(17)10-12-22)19-16-7-4-8-18(16)26-20(19)15-5-2-1-3-6-15/h1-3,5-6,14,17H,4,7-13H2,(H,24,25)/t17-/m0/s1. The Morgan fingerprint density at radius 3 is 2.58 bits per heavy atom. The molecule has 0 radical (unpaired) electrons. The molecule has 0 unspecified atom stereocenters. The van der Waals surface area contributed by atoms with Crippen LogP contribution in [0.3, 0.4) is 0 Å². The normalized spacial score (nSPS) is 26.7. The second kappa shape index (κ2) is 6.39. The third-order valence-corrected chi connectivity index (χ3v) is 7.66. The van der Waals surface area contributed by atoms with Crippen LogP contribution in [0.15, 0.2) is 30.3 Å². The molecule has 3 aliphatic heterocycles. The van der Waals surface area contributed by atoms with Gasteiger partial charge in [-0.05, 0) is 62.2 Å². The van der Waals surface area contributed by atoms with Crippen LogP contribution in [0.5, 0.6) is 0 Å². The minimum atomic E-state index is -0.784. The molecule has 1 atom stereocenters. The molecule has 2 aromatic rings. The molecular formula is C21H24N2O2S. The second-order valence-corrected chi connectivity index (χ2v) is 8.86. The van der Waals surface area contributed by atoms with Gasteiger partial charge in [-0.1, -0.05) is 30.3 Å². The fraction of sp³-hybridized carbons (Fsp3) is 0.476. The first-order chi connectivity index (χ1) is 12.7. The lowest BCUT2D eigenvalue weighted by atomic mass is 9.83. The van der Waals surface area contributed by atoms with E-state index >= 15 is 0 Å². The largest absolute Gasteiger partial charge is 0.465 e. The number of anilines is 1. The van der Waals surface area contributed by atoms with Crippen molar-refractivity contribution in [2.45, 2.75) is 38.1 Å². The molecule has 3 saturated heterocycles. The van der Waals surface area contributed by atoms with Crippen LogP contribution in [-0.2, 0) is 12.8 Å². The molecule has 5 heteroatoms. The number of hydrogen-bond donors (Lipinski definition) is 1. The van der Waals surface area contributed by atoms with Crippen molar-refractivity contribution < 1.29 is 9.90 Å².